The third-order valence-corrected chi connectivity index (χ3v) is 7.21. The van der Waals surface area contributed by atoms with Gasteiger partial charge < -0.3 is 15.2 Å². The lowest BCUT2D eigenvalue weighted by atomic mass is 10.0. The van der Waals surface area contributed by atoms with Crippen LogP contribution in [0.3, 0.4) is 0 Å². The van der Waals surface area contributed by atoms with Gasteiger partial charge in [0.1, 0.15) is 18.1 Å². The highest BCUT2D eigenvalue weighted by atomic mass is 35.5. The fraction of sp³-hybridized carbons (Fsp3) is 0.250. The second-order valence-corrected chi connectivity index (χ2v) is 10.1. The summed E-state index contributed by atoms with van der Waals surface area (Å²) in [5, 5.41) is 16.4. The van der Waals surface area contributed by atoms with Gasteiger partial charge in [-0.05, 0) is 62.1 Å². The SMILES string of the molecule is CNC(=O)Cn1cc(-c2nc(NC3(c4cccc(Cl)c4)CC3)c3cc(-c4c(C)noc4C)ccc3n2)cn1. The summed E-state index contributed by atoms with van der Waals surface area (Å²) in [6, 6.07) is 14.0. The van der Waals surface area contributed by atoms with Gasteiger partial charge in [-0.1, -0.05) is 35.0 Å². The Hall–Kier alpha value is -4.24. The molecule has 192 valence electrons. The zero-order valence-corrected chi connectivity index (χ0v) is 22.0. The Balaban J connectivity index is 1.47. The molecule has 1 fully saturated rings. The van der Waals surface area contributed by atoms with Crippen LogP contribution < -0.4 is 10.6 Å². The van der Waals surface area contributed by atoms with Crippen LogP contribution >= 0.6 is 11.6 Å². The maximum atomic E-state index is 11.8. The summed E-state index contributed by atoms with van der Waals surface area (Å²) in [6.45, 7) is 3.96. The van der Waals surface area contributed by atoms with Crippen molar-refractivity contribution >= 4 is 34.2 Å². The minimum absolute atomic E-state index is 0.119. The predicted molar refractivity (Wildman–Crippen MR) is 146 cm³/mol. The third-order valence-electron chi connectivity index (χ3n) is 6.98. The largest absolute Gasteiger partial charge is 0.361 e. The molecule has 3 aromatic heterocycles. The summed E-state index contributed by atoms with van der Waals surface area (Å²) in [5.74, 6) is 1.87. The summed E-state index contributed by atoms with van der Waals surface area (Å²) < 4.78 is 6.99. The maximum absolute atomic E-state index is 11.8. The molecule has 1 aliphatic carbocycles. The Bertz CT molecular complexity index is 1670. The number of fused-ring (bicyclic) bond motifs is 1. The molecule has 2 aromatic carbocycles. The molecule has 0 spiro atoms. The molecule has 6 rings (SSSR count). The van der Waals surface area contributed by atoms with Crippen LogP contribution in [0.15, 0.2) is 59.4 Å². The number of nitrogens with zero attached hydrogens (tertiary/aromatic N) is 5. The summed E-state index contributed by atoms with van der Waals surface area (Å²) in [7, 11) is 1.60. The van der Waals surface area contributed by atoms with E-state index in [1.165, 1.54) is 0 Å². The molecule has 5 aromatic rings. The average molecular weight is 528 g/mol. The molecule has 2 N–H and O–H groups in total. The van der Waals surface area contributed by atoms with Crippen molar-refractivity contribution in [2.24, 2.45) is 0 Å². The standard InChI is InChI=1S/C28H26ClN7O2/c1-16-25(17(2)38-35-16)18-7-8-23-22(11-18)27(34-28(9-10-28)20-5-4-6-21(29)12-20)33-26(32-23)19-13-31-36(14-19)15-24(37)30-3/h4-8,11-14H,9-10,15H2,1-3H3,(H,30,37)(H,32,33,34). The highest BCUT2D eigenvalue weighted by Gasteiger charge is 2.45. The molecule has 0 aliphatic heterocycles. The predicted octanol–water partition coefficient (Wildman–Crippen LogP) is 5.27. The first-order chi connectivity index (χ1) is 18.3. The van der Waals surface area contributed by atoms with Crippen LogP contribution in [0.1, 0.15) is 29.9 Å². The quantitative estimate of drug-likeness (QED) is 0.297. The van der Waals surface area contributed by atoms with Crippen LogP contribution in [0.2, 0.25) is 5.02 Å². The highest BCUT2D eigenvalue weighted by molar-refractivity contribution is 6.30. The van der Waals surface area contributed by atoms with E-state index in [2.05, 4.69) is 33.0 Å². The van der Waals surface area contributed by atoms with Gasteiger partial charge in [0.2, 0.25) is 5.91 Å². The molecule has 0 radical (unpaired) electrons. The van der Waals surface area contributed by atoms with E-state index in [0.29, 0.717) is 10.8 Å². The topological polar surface area (TPSA) is 111 Å². The first-order valence-corrected chi connectivity index (χ1v) is 12.8. The molecule has 0 saturated heterocycles. The number of carbonyl (C=O) groups excluding carboxylic acids is 1. The number of nitrogens with one attached hydrogen (secondary N) is 2. The van der Waals surface area contributed by atoms with Gasteiger partial charge >= 0.3 is 0 Å². The number of carbonyl (C=O) groups is 1. The van der Waals surface area contributed by atoms with Crippen LogP contribution in [-0.2, 0) is 16.9 Å². The van der Waals surface area contributed by atoms with Crippen molar-refractivity contribution < 1.29 is 9.32 Å². The third kappa shape index (κ3) is 4.39. The molecule has 3 heterocycles. The number of hydrogen-bond donors (Lipinski definition) is 2. The minimum Gasteiger partial charge on any atom is -0.361 e. The number of hydrogen-bond acceptors (Lipinski definition) is 7. The van der Waals surface area contributed by atoms with E-state index >= 15 is 0 Å². The van der Waals surface area contributed by atoms with E-state index in [4.69, 9.17) is 26.1 Å². The number of halogens is 1. The maximum Gasteiger partial charge on any atom is 0.241 e. The minimum atomic E-state index is -0.258. The molecule has 0 unspecified atom stereocenters. The van der Waals surface area contributed by atoms with E-state index in [1.807, 2.05) is 44.2 Å². The number of aromatic nitrogens is 5. The van der Waals surface area contributed by atoms with Crippen LogP contribution in [0, 0.1) is 13.8 Å². The average Bonchev–Trinajstić information content (AvgIpc) is 3.41. The second kappa shape index (κ2) is 9.25. The van der Waals surface area contributed by atoms with Crippen LogP contribution in [0.4, 0.5) is 5.82 Å². The summed E-state index contributed by atoms with van der Waals surface area (Å²) in [4.78, 5) is 21.7. The molecule has 0 atom stereocenters. The van der Waals surface area contributed by atoms with Gasteiger partial charge in [0.05, 0.1) is 28.5 Å². The van der Waals surface area contributed by atoms with Crippen molar-refractivity contribution in [3.63, 3.8) is 0 Å². The van der Waals surface area contributed by atoms with Crippen molar-refractivity contribution in [2.75, 3.05) is 12.4 Å². The van der Waals surface area contributed by atoms with Crippen molar-refractivity contribution in [2.45, 2.75) is 38.8 Å². The zero-order valence-electron chi connectivity index (χ0n) is 21.2. The molecule has 9 nitrogen and oxygen atoms in total. The molecular weight excluding hydrogens is 502 g/mol. The van der Waals surface area contributed by atoms with E-state index in [0.717, 1.165) is 63.3 Å². The summed E-state index contributed by atoms with van der Waals surface area (Å²) in [6.07, 6.45) is 5.38. The lowest BCUT2D eigenvalue weighted by Gasteiger charge is -2.21. The van der Waals surface area contributed by atoms with Crippen molar-refractivity contribution in [1.82, 2.24) is 30.2 Å². The van der Waals surface area contributed by atoms with Gasteiger partial charge in [-0.3, -0.25) is 9.48 Å². The first-order valence-electron chi connectivity index (χ1n) is 12.4. The molecule has 1 aliphatic rings. The number of anilines is 1. The van der Waals surface area contributed by atoms with Crippen LogP contribution in [0.25, 0.3) is 33.4 Å². The van der Waals surface area contributed by atoms with Gasteiger partial charge in [0.25, 0.3) is 0 Å². The molecule has 1 amide bonds. The van der Waals surface area contributed by atoms with Crippen molar-refractivity contribution in [3.05, 3.63) is 76.9 Å². The summed E-state index contributed by atoms with van der Waals surface area (Å²) in [5.41, 5.74) is 5.16. The first kappa shape index (κ1) is 24.1. The Labute approximate surface area is 224 Å². The van der Waals surface area contributed by atoms with E-state index in [1.54, 1.807) is 24.1 Å². The van der Waals surface area contributed by atoms with Gasteiger partial charge in [-0.15, -0.1) is 0 Å². The Morgan fingerprint density at radius 3 is 2.68 bits per heavy atom. The second-order valence-electron chi connectivity index (χ2n) is 9.64. The van der Waals surface area contributed by atoms with E-state index < -0.39 is 0 Å². The lowest BCUT2D eigenvalue weighted by Crippen LogP contribution is -2.23. The smallest absolute Gasteiger partial charge is 0.241 e. The van der Waals surface area contributed by atoms with Crippen LogP contribution in [0.5, 0.6) is 0 Å². The van der Waals surface area contributed by atoms with Crippen molar-refractivity contribution in [3.8, 4) is 22.5 Å². The number of aryl methyl sites for hydroxylation is 2. The van der Waals surface area contributed by atoms with Gasteiger partial charge in [0.15, 0.2) is 5.82 Å². The number of benzene rings is 2. The molecule has 38 heavy (non-hydrogen) atoms. The van der Waals surface area contributed by atoms with E-state index in [9.17, 15) is 4.79 Å². The monoisotopic (exact) mass is 527 g/mol. The summed E-state index contributed by atoms with van der Waals surface area (Å²) >= 11 is 6.33. The molecule has 1 saturated carbocycles. The number of likely N-dealkylation sites (N-methyl/N-ethyl adjacent to an activating group) is 1. The molecular formula is C28H26ClN7O2. The molecule has 10 heteroatoms. The Morgan fingerprint density at radius 1 is 1.13 bits per heavy atom. The Kier molecular flexibility index (Phi) is 5.87. The fourth-order valence-corrected chi connectivity index (χ4v) is 5.01. The van der Waals surface area contributed by atoms with Gasteiger partial charge in [-0.2, -0.15) is 5.10 Å². The van der Waals surface area contributed by atoms with Gasteiger partial charge in [0, 0.05) is 29.2 Å². The van der Waals surface area contributed by atoms with Gasteiger partial charge in [-0.25, -0.2) is 9.97 Å². The van der Waals surface area contributed by atoms with Crippen molar-refractivity contribution in [1.29, 1.82) is 0 Å². The molecule has 0 bridgehead atoms. The highest BCUT2D eigenvalue weighted by Crippen LogP contribution is 2.49. The van der Waals surface area contributed by atoms with Crippen LogP contribution in [-0.4, -0.2) is 37.9 Å². The number of rotatable bonds is 7. The fourth-order valence-electron chi connectivity index (χ4n) is 4.82. The lowest BCUT2D eigenvalue weighted by molar-refractivity contribution is -0.121. The number of amides is 1. The normalized spacial score (nSPS) is 14.0. The Morgan fingerprint density at radius 2 is 1.97 bits per heavy atom. The zero-order chi connectivity index (χ0) is 26.4. The van der Waals surface area contributed by atoms with E-state index in [-0.39, 0.29) is 18.0 Å².